The van der Waals surface area contributed by atoms with Crippen molar-refractivity contribution in [3.8, 4) is 5.75 Å². The highest BCUT2D eigenvalue weighted by Gasteiger charge is 2.17. The monoisotopic (exact) mass is 321 g/mol. The van der Waals surface area contributed by atoms with Crippen molar-refractivity contribution in [2.24, 2.45) is 5.73 Å². The average molecular weight is 322 g/mol. The van der Waals surface area contributed by atoms with Crippen LogP contribution in [0.1, 0.15) is 16.5 Å². The van der Waals surface area contributed by atoms with Gasteiger partial charge in [-0.25, -0.2) is 4.39 Å². The van der Waals surface area contributed by atoms with E-state index in [4.69, 9.17) is 22.1 Å². The van der Waals surface area contributed by atoms with E-state index >= 15 is 0 Å². The van der Waals surface area contributed by atoms with Crippen molar-refractivity contribution >= 4 is 33.0 Å². The molecule has 3 aromatic rings. The molecule has 1 unspecified atom stereocenters. The summed E-state index contributed by atoms with van der Waals surface area (Å²) in [6.07, 6.45) is 0. The van der Waals surface area contributed by atoms with Gasteiger partial charge in [0.05, 0.1) is 13.2 Å². The summed E-state index contributed by atoms with van der Waals surface area (Å²) in [6.45, 7) is 0. The van der Waals surface area contributed by atoms with Gasteiger partial charge in [0.2, 0.25) is 0 Å². The highest BCUT2D eigenvalue weighted by atomic mass is 35.5. The molecule has 0 aliphatic rings. The van der Waals surface area contributed by atoms with E-state index < -0.39 is 0 Å². The molecular formula is C16H13ClFNOS. The highest BCUT2D eigenvalue weighted by Crippen LogP contribution is 2.36. The maximum Gasteiger partial charge on any atom is 0.124 e. The predicted molar refractivity (Wildman–Crippen MR) is 85.8 cm³/mol. The van der Waals surface area contributed by atoms with Crippen LogP contribution in [0, 0.1) is 5.82 Å². The summed E-state index contributed by atoms with van der Waals surface area (Å²) in [5.74, 6) is 0.441. The second kappa shape index (κ2) is 5.64. The van der Waals surface area contributed by atoms with Gasteiger partial charge in [0.1, 0.15) is 11.6 Å². The fourth-order valence-corrected chi connectivity index (χ4v) is 3.54. The van der Waals surface area contributed by atoms with Crippen LogP contribution in [-0.4, -0.2) is 7.11 Å². The normalized spacial score (nSPS) is 12.6. The van der Waals surface area contributed by atoms with Gasteiger partial charge in [0.25, 0.3) is 0 Å². The standard InChI is InChI=1S/C16H13ClFNOS/c1-20-13-4-2-10(17)8-12(13)16(19)15-7-9-6-11(18)3-5-14(9)21-15/h2-8,16H,19H2,1H3. The zero-order valence-electron chi connectivity index (χ0n) is 11.3. The molecule has 2 aromatic carbocycles. The van der Waals surface area contributed by atoms with Crippen LogP contribution >= 0.6 is 22.9 Å². The summed E-state index contributed by atoms with van der Waals surface area (Å²) in [5.41, 5.74) is 7.16. The molecule has 2 N–H and O–H groups in total. The minimum absolute atomic E-state index is 0.249. The third-order valence-corrected chi connectivity index (χ3v) is 4.77. The van der Waals surface area contributed by atoms with Gasteiger partial charge in [-0.2, -0.15) is 0 Å². The Bertz CT molecular complexity index is 802. The second-order valence-electron chi connectivity index (χ2n) is 4.69. The minimum atomic E-state index is -0.362. The maximum absolute atomic E-state index is 13.3. The molecule has 3 rings (SSSR count). The molecule has 2 nitrogen and oxygen atoms in total. The maximum atomic E-state index is 13.3. The first-order valence-electron chi connectivity index (χ1n) is 6.36. The van der Waals surface area contributed by atoms with E-state index in [0.29, 0.717) is 10.8 Å². The number of nitrogens with two attached hydrogens (primary N) is 1. The summed E-state index contributed by atoms with van der Waals surface area (Å²) < 4.78 is 19.6. The van der Waals surface area contributed by atoms with Crippen molar-refractivity contribution < 1.29 is 9.13 Å². The van der Waals surface area contributed by atoms with Crippen molar-refractivity contribution in [3.63, 3.8) is 0 Å². The van der Waals surface area contributed by atoms with Gasteiger partial charge in [0, 0.05) is 20.2 Å². The lowest BCUT2D eigenvalue weighted by Gasteiger charge is -2.14. The molecule has 0 radical (unpaired) electrons. The largest absolute Gasteiger partial charge is 0.496 e. The van der Waals surface area contributed by atoms with Crippen LogP contribution in [0.4, 0.5) is 4.39 Å². The van der Waals surface area contributed by atoms with E-state index in [-0.39, 0.29) is 11.9 Å². The van der Waals surface area contributed by atoms with Crippen LogP contribution in [0.25, 0.3) is 10.1 Å². The van der Waals surface area contributed by atoms with Crippen LogP contribution in [0.15, 0.2) is 42.5 Å². The lowest BCUT2D eigenvalue weighted by molar-refractivity contribution is 0.408. The minimum Gasteiger partial charge on any atom is -0.496 e. The Morgan fingerprint density at radius 3 is 2.76 bits per heavy atom. The fourth-order valence-electron chi connectivity index (χ4n) is 2.29. The Morgan fingerprint density at radius 2 is 2.00 bits per heavy atom. The molecule has 21 heavy (non-hydrogen) atoms. The Morgan fingerprint density at radius 1 is 1.19 bits per heavy atom. The average Bonchev–Trinajstić information content (AvgIpc) is 2.89. The lowest BCUT2D eigenvalue weighted by Crippen LogP contribution is -2.11. The van der Waals surface area contributed by atoms with E-state index in [1.165, 1.54) is 12.1 Å². The molecule has 0 saturated carbocycles. The SMILES string of the molecule is COc1ccc(Cl)cc1C(N)c1cc2cc(F)ccc2s1. The van der Waals surface area contributed by atoms with Crippen LogP contribution < -0.4 is 10.5 Å². The first kappa shape index (κ1) is 14.3. The van der Waals surface area contributed by atoms with Crippen LogP contribution in [-0.2, 0) is 0 Å². The summed E-state index contributed by atoms with van der Waals surface area (Å²) in [4.78, 5) is 0.941. The zero-order chi connectivity index (χ0) is 15.0. The van der Waals surface area contributed by atoms with E-state index in [2.05, 4.69) is 0 Å². The molecule has 0 aliphatic heterocycles. The van der Waals surface area contributed by atoms with Gasteiger partial charge in [-0.05, 0) is 47.9 Å². The first-order chi connectivity index (χ1) is 10.1. The fraction of sp³-hybridized carbons (Fsp3) is 0.125. The first-order valence-corrected chi connectivity index (χ1v) is 7.56. The van der Waals surface area contributed by atoms with Crippen LogP contribution in [0.5, 0.6) is 5.75 Å². The van der Waals surface area contributed by atoms with Crippen molar-refractivity contribution in [2.45, 2.75) is 6.04 Å². The number of halogens is 2. The van der Waals surface area contributed by atoms with Gasteiger partial charge in [-0.3, -0.25) is 0 Å². The number of hydrogen-bond donors (Lipinski definition) is 1. The quantitative estimate of drug-likeness (QED) is 0.755. The lowest BCUT2D eigenvalue weighted by atomic mass is 10.0. The number of thiophene rings is 1. The van der Waals surface area contributed by atoms with Crippen molar-refractivity contribution in [2.75, 3.05) is 7.11 Å². The molecule has 0 spiro atoms. The van der Waals surface area contributed by atoms with Crippen molar-refractivity contribution in [1.29, 1.82) is 0 Å². The Kier molecular flexibility index (Phi) is 3.85. The van der Waals surface area contributed by atoms with Gasteiger partial charge in [-0.15, -0.1) is 11.3 Å². The zero-order valence-corrected chi connectivity index (χ0v) is 12.8. The van der Waals surface area contributed by atoms with Gasteiger partial charge in [0.15, 0.2) is 0 Å². The molecule has 1 heterocycles. The molecule has 1 aromatic heterocycles. The number of methoxy groups -OCH3 is 1. The third-order valence-electron chi connectivity index (χ3n) is 3.33. The molecule has 0 bridgehead atoms. The summed E-state index contributed by atoms with van der Waals surface area (Å²) in [5, 5.41) is 1.46. The number of fused-ring (bicyclic) bond motifs is 1. The van der Waals surface area contributed by atoms with Crippen LogP contribution in [0.2, 0.25) is 5.02 Å². The Labute approximate surface area is 130 Å². The van der Waals surface area contributed by atoms with E-state index in [1.54, 1.807) is 42.7 Å². The molecule has 108 valence electrons. The topological polar surface area (TPSA) is 35.2 Å². The van der Waals surface area contributed by atoms with Crippen LogP contribution in [0.3, 0.4) is 0 Å². The number of rotatable bonds is 3. The van der Waals surface area contributed by atoms with Gasteiger partial charge in [-0.1, -0.05) is 11.6 Å². The molecule has 5 heteroatoms. The third kappa shape index (κ3) is 2.75. The molecule has 1 atom stereocenters. The van der Waals surface area contributed by atoms with Gasteiger partial charge >= 0.3 is 0 Å². The Balaban J connectivity index is 2.07. The number of ether oxygens (including phenoxy) is 1. The summed E-state index contributed by atoms with van der Waals surface area (Å²) >= 11 is 7.59. The van der Waals surface area contributed by atoms with E-state index in [1.807, 2.05) is 6.07 Å². The van der Waals surface area contributed by atoms with E-state index in [9.17, 15) is 4.39 Å². The van der Waals surface area contributed by atoms with Crippen molar-refractivity contribution in [3.05, 3.63) is 63.7 Å². The molecule has 0 saturated heterocycles. The number of hydrogen-bond acceptors (Lipinski definition) is 3. The molecular weight excluding hydrogens is 309 g/mol. The summed E-state index contributed by atoms with van der Waals surface area (Å²) in [7, 11) is 1.60. The molecule has 0 amide bonds. The molecule has 0 fully saturated rings. The van der Waals surface area contributed by atoms with Crippen molar-refractivity contribution in [1.82, 2.24) is 0 Å². The Hall–Kier alpha value is -1.62. The van der Waals surface area contributed by atoms with Gasteiger partial charge < -0.3 is 10.5 Å². The summed E-state index contributed by atoms with van der Waals surface area (Å²) in [6, 6.07) is 11.6. The highest BCUT2D eigenvalue weighted by molar-refractivity contribution is 7.19. The number of benzene rings is 2. The van der Waals surface area contributed by atoms with E-state index in [0.717, 1.165) is 20.5 Å². The molecule has 0 aliphatic carbocycles. The second-order valence-corrected chi connectivity index (χ2v) is 6.25. The smallest absolute Gasteiger partial charge is 0.124 e. The predicted octanol–water partition coefficient (Wildman–Crippen LogP) is 4.75.